The molecule has 31 heavy (non-hydrogen) atoms. The zero-order valence-electron chi connectivity index (χ0n) is 21.3. The Morgan fingerprint density at radius 2 is 1.42 bits per heavy atom. The first-order valence-electron chi connectivity index (χ1n) is 10.9. The second-order valence-electron chi connectivity index (χ2n) is 11.8. The molecule has 0 fully saturated rings. The molecule has 0 aromatic carbocycles. The molecule has 3 rings (SSSR count). The minimum absolute atomic E-state index is 0.342. The highest BCUT2D eigenvalue weighted by molar-refractivity contribution is 7.07. The molecule has 0 amide bonds. The zero-order valence-corrected chi connectivity index (χ0v) is 22.1. The summed E-state index contributed by atoms with van der Waals surface area (Å²) in [6.07, 6.45) is 10.7. The molecule has 1 N–H and O–H groups in total. The Balaban J connectivity index is 0.000000233. The molecular formula is C25H43N5S. The van der Waals surface area contributed by atoms with Crippen molar-refractivity contribution in [3.63, 3.8) is 0 Å². The average molecular weight is 446 g/mol. The van der Waals surface area contributed by atoms with Crippen molar-refractivity contribution in [3.05, 3.63) is 53.0 Å². The highest BCUT2D eigenvalue weighted by Crippen LogP contribution is 2.20. The molecule has 3 aromatic rings. The van der Waals surface area contributed by atoms with Gasteiger partial charge in [0.2, 0.25) is 0 Å². The van der Waals surface area contributed by atoms with Gasteiger partial charge < -0.3 is 9.55 Å². The van der Waals surface area contributed by atoms with E-state index < -0.39 is 0 Å². The Kier molecular flexibility index (Phi) is 10.1. The minimum atomic E-state index is 0.342. The van der Waals surface area contributed by atoms with Gasteiger partial charge in [0, 0.05) is 30.5 Å². The number of nitrogens with one attached hydrogen (secondary N) is 1. The number of H-pyrrole nitrogens is 1. The number of hydrogen-bond donors (Lipinski definition) is 1. The molecule has 0 radical (unpaired) electrons. The molecule has 0 atom stereocenters. The van der Waals surface area contributed by atoms with E-state index in [2.05, 4.69) is 93.8 Å². The van der Waals surface area contributed by atoms with E-state index in [0.717, 1.165) is 19.3 Å². The van der Waals surface area contributed by atoms with Gasteiger partial charge in [-0.05, 0) is 35.5 Å². The number of aromatic amines is 1. The van der Waals surface area contributed by atoms with E-state index in [1.54, 1.807) is 17.7 Å². The summed E-state index contributed by atoms with van der Waals surface area (Å²) >= 11 is 1.67. The van der Waals surface area contributed by atoms with Crippen LogP contribution in [-0.2, 0) is 26.3 Å². The van der Waals surface area contributed by atoms with E-state index in [4.69, 9.17) is 0 Å². The summed E-state index contributed by atoms with van der Waals surface area (Å²) in [6.45, 7) is 20.0. The normalized spacial score (nSPS) is 11.9. The summed E-state index contributed by atoms with van der Waals surface area (Å²) in [7, 11) is 2.00. The molecule has 5 nitrogen and oxygen atoms in total. The maximum Gasteiger partial charge on any atom is 0.0946 e. The van der Waals surface area contributed by atoms with Gasteiger partial charge in [0.15, 0.2) is 0 Å². The number of imidazole rings is 2. The summed E-state index contributed by atoms with van der Waals surface area (Å²) < 4.78 is 1.99. The molecule has 0 saturated carbocycles. The maximum atomic E-state index is 4.26. The Morgan fingerprint density at radius 1 is 0.839 bits per heavy atom. The lowest BCUT2D eigenvalue weighted by atomic mass is 9.91. The summed E-state index contributed by atoms with van der Waals surface area (Å²) in [5.41, 5.74) is 6.57. The van der Waals surface area contributed by atoms with Crippen LogP contribution in [0.1, 0.15) is 79.4 Å². The van der Waals surface area contributed by atoms with Crippen LogP contribution in [0.4, 0.5) is 0 Å². The molecule has 3 heterocycles. The summed E-state index contributed by atoms with van der Waals surface area (Å²) in [5, 5.41) is 2.12. The zero-order chi connectivity index (χ0) is 23.7. The molecule has 174 valence electrons. The lowest BCUT2D eigenvalue weighted by molar-refractivity contribution is 0.406. The number of thiazole rings is 1. The van der Waals surface area contributed by atoms with Crippen molar-refractivity contribution in [1.29, 1.82) is 0 Å². The van der Waals surface area contributed by atoms with Crippen molar-refractivity contribution in [1.82, 2.24) is 24.5 Å². The topological polar surface area (TPSA) is 59.4 Å². The van der Waals surface area contributed by atoms with Crippen LogP contribution >= 0.6 is 11.3 Å². The predicted molar refractivity (Wildman–Crippen MR) is 133 cm³/mol. The fourth-order valence-electron chi connectivity index (χ4n) is 2.92. The van der Waals surface area contributed by atoms with Crippen LogP contribution in [0.3, 0.4) is 0 Å². The highest BCUT2D eigenvalue weighted by atomic mass is 32.1. The molecule has 0 aliphatic heterocycles. The minimum Gasteiger partial charge on any atom is -0.348 e. The largest absolute Gasteiger partial charge is 0.348 e. The molecule has 0 aliphatic rings. The SMILES string of the molecule is CC(C)(C)Cc1cnc[nH]1.CC(C)(C)Cc1cscn1.Cn1cnc(CC(C)(C)C)c1. The summed E-state index contributed by atoms with van der Waals surface area (Å²) in [4.78, 5) is 15.5. The Morgan fingerprint density at radius 3 is 1.81 bits per heavy atom. The second kappa shape index (κ2) is 11.6. The van der Waals surface area contributed by atoms with Gasteiger partial charge in [0.25, 0.3) is 0 Å². The van der Waals surface area contributed by atoms with Crippen LogP contribution in [0.2, 0.25) is 0 Å². The third-order valence-electron chi connectivity index (χ3n) is 3.94. The van der Waals surface area contributed by atoms with E-state index in [0.29, 0.717) is 16.2 Å². The van der Waals surface area contributed by atoms with Crippen LogP contribution in [0, 0.1) is 16.2 Å². The third kappa shape index (κ3) is 14.6. The number of aromatic nitrogens is 5. The van der Waals surface area contributed by atoms with Gasteiger partial charge >= 0.3 is 0 Å². The van der Waals surface area contributed by atoms with E-state index >= 15 is 0 Å². The van der Waals surface area contributed by atoms with Crippen molar-refractivity contribution >= 4 is 11.3 Å². The first kappa shape index (κ1) is 27.1. The monoisotopic (exact) mass is 445 g/mol. The van der Waals surface area contributed by atoms with Crippen LogP contribution in [0.15, 0.2) is 35.9 Å². The van der Waals surface area contributed by atoms with E-state index in [1.165, 1.54) is 17.1 Å². The first-order valence-corrected chi connectivity index (χ1v) is 11.9. The average Bonchev–Trinajstić information content (AvgIpc) is 3.29. The quantitative estimate of drug-likeness (QED) is 0.486. The van der Waals surface area contributed by atoms with Crippen LogP contribution in [-0.4, -0.2) is 24.5 Å². The fourth-order valence-corrected chi connectivity index (χ4v) is 3.48. The van der Waals surface area contributed by atoms with Gasteiger partial charge in [0.1, 0.15) is 0 Å². The van der Waals surface area contributed by atoms with Gasteiger partial charge in [-0.15, -0.1) is 11.3 Å². The molecule has 0 aliphatic carbocycles. The molecule has 0 saturated heterocycles. The van der Waals surface area contributed by atoms with Gasteiger partial charge in [0.05, 0.1) is 29.6 Å². The summed E-state index contributed by atoms with van der Waals surface area (Å²) in [6, 6.07) is 0. The van der Waals surface area contributed by atoms with Crippen LogP contribution in [0.25, 0.3) is 0 Å². The molecule has 0 spiro atoms. The molecule has 3 aromatic heterocycles. The standard InChI is InChI=1S/C9H16N2.C8H14N2.C8H13NS/c1-9(2,3)5-8-6-11(4)7-10-8;1-8(2,3)4-7-5-9-6-10-7;1-8(2,3)4-7-5-10-6-9-7/h6-7H,5H2,1-4H3;5-6H,4H2,1-3H3,(H,9,10);5-6H,4H2,1-3H3. The lowest BCUT2D eigenvalue weighted by Crippen LogP contribution is -2.09. The van der Waals surface area contributed by atoms with Crippen molar-refractivity contribution in [3.8, 4) is 0 Å². The number of rotatable bonds is 3. The van der Waals surface area contributed by atoms with Crippen molar-refractivity contribution in [2.45, 2.75) is 81.6 Å². The molecular weight excluding hydrogens is 402 g/mol. The molecule has 6 heteroatoms. The van der Waals surface area contributed by atoms with Gasteiger partial charge in [-0.3, -0.25) is 0 Å². The third-order valence-corrected chi connectivity index (χ3v) is 4.58. The van der Waals surface area contributed by atoms with Gasteiger partial charge in [-0.1, -0.05) is 62.3 Å². The Hall–Kier alpha value is -1.95. The van der Waals surface area contributed by atoms with Gasteiger partial charge in [-0.25, -0.2) is 15.0 Å². The second-order valence-corrected chi connectivity index (χ2v) is 12.5. The lowest BCUT2D eigenvalue weighted by Gasteiger charge is -2.15. The smallest absolute Gasteiger partial charge is 0.0946 e. The molecule has 0 bridgehead atoms. The molecule has 0 unspecified atom stereocenters. The Bertz CT molecular complexity index is 780. The van der Waals surface area contributed by atoms with Gasteiger partial charge in [-0.2, -0.15) is 0 Å². The van der Waals surface area contributed by atoms with Crippen molar-refractivity contribution in [2.75, 3.05) is 0 Å². The number of nitrogens with zero attached hydrogens (tertiary/aromatic N) is 4. The first-order chi connectivity index (χ1) is 14.1. The van der Waals surface area contributed by atoms with Crippen LogP contribution < -0.4 is 0 Å². The van der Waals surface area contributed by atoms with Crippen molar-refractivity contribution in [2.24, 2.45) is 23.3 Å². The summed E-state index contributed by atoms with van der Waals surface area (Å²) in [5.74, 6) is 0. The fraction of sp³-hybridized carbons (Fsp3) is 0.640. The Labute approximate surface area is 193 Å². The highest BCUT2D eigenvalue weighted by Gasteiger charge is 2.13. The van der Waals surface area contributed by atoms with Crippen LogP contribution in [0.5, 0.6) is 0 Å². The van der Waals surface area contributed by atoms with Crippen molar-refractivity contribution < 1.29 is 0 Å². The van der Waals surface area contributed by atoms with E-state index in [9.17, 15) is 0 Å². The number of hydrogen-bond acceptors (Lipinski definition) is 4. The van der Waals surface area contributed by atoms with E-state index in [1.807, 2.05) is 29.6 Å². The van der Waals surface area contributed by atoms with E-state index in [-0.39, 0.29) is 0 Å². The number of aryl methyl sites for hydroxylation is 1. The predicted octanol–water partition coefficient (Wildman–Crippen LogP) is 6.74. The maximum absolute atomic E-state index is 4.26.